The van der Waals surface area contributed by atoms with Crippen molar-refractivity contribution in [1.82, 2.24) is 9.71 Å². The number of hydrogen-bond acceptors (Lipinski definition) is 6. The van der Waals surface area contributed by atoms with Gasteiger partial charge in [-0.2, -0.15) is 0 Å². The van der Waals surface area contributed by atoms with Crippen LogP contribution in [-0.4, -0.2) is 37.4 Å². The molecule has 0 saturated heterocycles. The molecule has 0 amide bonds. The second-order valence-corrected chi connectivity index (χ2v) is 10.4. The van der Waals surface area contributed by atoms with Crippen LogP contribution in [0.4, 0.5) is 13.2 Å². The van der Waals surface area contributed by atoms with Crippen molar-refractivity contribution in [3.63, 3.8) is 0 Å². The van der Waals surface area contributed by atoms with Gasteiger partial charge in [0, 0.05) is 23.4 Å². The molecule has 0 aliphatic carbocycles. The van der Waals surface area contributed by atoms with Gasteiger partial charge in [0.05, 0.1) is 16.2 Å². The Morgan fingerprint density at radius 2 is 1.79 bits per heavy atom. The first-order valence-corrected chi connectivity index (χ1v) is 12.2. The minimum absolute atomic E-state index is 0.0278. The van der Waals surface area contributed by atoms with Gasteiger partial charge in [-0.05, 0) is 68.3 Å². The molecule has 1 heterocycles. The van der Waals surface area contributed by atoms with Crippen LogP contribution < -0.4 is 9.46 Å². The molecule has 12 heteroatoms. The lowest BCUT2D eigenvalue weighted by Gasteiger charge is -2.11. The zero-order valence-corrected chi connectivity index (χ0v) is 20.0. The Labute approximate surface area is 198 Å². The fourth-order valence-electron chi connectivity index (χ4n) is 3.17. The van der Waals surface area contributed by atoms with E-state index in [1.54, 1.807) is 13.8 Å². The number of rotatable bonds is 8. The Kier molecular flexibility index (Phi) is 7.34. The van der Waals surface area contributed by atoms with Crippen molar-refractivity contribution in [2.24, 2.45) is 0 Å². The molecule has 0 spiro atoms. The van der Waals surface area contributed by atoms with E-state index in [9.17, 15) is 31.5 Å². The molecular formula is C22H21F3N2O5S2. The van der Waals surface area contributed by atoms with Crippen molar-refractivity contribution in [2.75, 3.05) is 6.54 Å². The second-order valence-electron chi connectivity index (χ2n) is 7.46. The Bertz CT molecular complexity index is 1320. The quantitative estimate of drug-likeness (QED) is 0.445. The van der Waals surface area contributed by atoms with E-state index in [4.69, 9.17) is 0 Å². The molecule has 182 valence electrons. The third-order valence-electron chi connectivity index (χ3n) is 5.06. The number of halogens is 3. The van der Waals surface area contributed by atoms with Gasteiger partial charge in [0.15, 0.2) is 0 Å². The maximum absolute atomic E-state index is 12.7. The fourth-order valence-corrected chi connectivity index (χ4v) is 5.28. The molecular weight excluding hydrogens is 493 g/mol. The lowest BCUT2D eigenvalue weighted by molar-refractivity contribution is -0.274. The number of carbonyl (C=O) groups is 1. The molecule has 2 aromatic carbocycles. The van der Waals surface area contributed by atoms with E-state index in [2.05, 4.69) is 14.4 Å². The zero-order chi connectivity index (χ0) is 25.3. The van der Waals surface area contributed by atoms with Gasteiger partial charge in [-0.25, -0.2) is 22.9 Å². The summed E-state index contributed by atoms with van der Waals surface area (Å²) < 4.78 is 68.7. The predicted molar refractivity (Wildman–Crippen MR) is 121 cm³/mol. The van der Waals surface area contributed by atoms with Crippen LogP contribution in [0.1, 0.15) is 32.1 Å². The first-order chi connectivity index (χ1) is 15.8. The normalized spacial score (nSPS) is 12.1. The van der Waals surface area contributed by atoms with Crippen LogP contribution in [0.15, 0.2) is 41.3 Å². The summed E-state index contributed by atoms with van der Waals surface area (Å²) in [7, 11) is -3.95. The van der Waals surface area contributed by atoms with E-state index in [1.165, 1.54) is 41.7 Å². The Morgan fingerprint density at radius 1 is 1.15 bits per heavy atom. The molecule has 0 radical (unpaired) electrons. The minimum atomic E-state index is -4.77. The van der Waals surface area contributed by atoms with Crippen LogP contribution >= 0.6 is 11.3 Å². The highest BCUT2D eigenvalue weighted by Gasteiger charge is 2.31. The van der Waals surface area contributed by atoms with Crippen molar-refractivity contribution in [3.8, 4) is 16.3 Å². The van der Waals surface area contributed by atoms with Crippen molar-refractivity contribution < 1.29 is 36.2 Å². The molecule has 34 heavy (non-hydrogen) atoms. The molecule has 3 rings (SSSR count). The average Bonchev–Trinajstić information content (AvgIpc) is 3.09. The van der Waals surface area contributed by atoms with Crippen molar-refractivity contribution in [3.05, 3.63) is 63.7 Å². The van der Waals surface area contributed by atoms with Crippen molar-refractivity contribution in [1.29, 1.82) is 0 Å². The summed E-state index contributed by atoms with van der Waals surface area (Å²) in [5, 5.41) is 9.90. The van der Waals surface area contributed by atoms with Gasteiger partial charge in [0.2, 0.25) is 10.0 Å². The number of hydrogen-bond donors (Lipinski definition) is 2. The van der Waals surface area contributed by atoms with Crippen LogP contribution in [0.3, 0.4) is 0 Å². The summed E-state index contributed by atoms with van der Waals surface area (Å²) in [4.78, 5) is 16.6. The topological polar surface area (TPSA) is 106 Å². The Hall–Kier alpha value is -2.96. The van der Waals surface area contributed by atoms with E-state index in [0.717, 1.165) is 10.9 Å². The highest BCUT2D eigenvalue weighted by Crippen LogP contribution is 2.30. The second kappa shape index (κ2) is 9.72. The first kappa shape index (κ1) is 25.7. The molecule has 0 fully saturated rings. The van der Waals surface area contributed by atoms with E-state index in [-0.39, 0.29) is 29.2 Å². The summed E-state index contributed by atoms with van der Waals surface area (Å²) in [5.41, 5.74) is 2.21. The number of aromatic nitrogens is 1. The summed E-state index contributed by atoms with van der Waals surface area (Å²) in [6.45, 7) is 5.10. The SMILES string of the molecule is Cc1cc(S(=O)(=O)NCCc2nc(-c3ccc(OC(F)(F)F)cc3)sc2C)cc(C(=O)O)c1C. The third kappa shape index (κ3) is 6.13. The van der Waals surface area contributed by atoms with E-state index in [1.807, 2.05) is 6.92 Å². The molecule has 0 bridgehead atoms. The number of benzene rings is 2. The van der Waals surface area contributed by atoms with Crippen LogP contribution in [0.25, 0.3) is 10.6 Å². The van der Waals surface area contributed by atoms with E-state index >= 15 is 0 Å². The molecule has 2 N–H and O–H groups in total. The van der Waals surface area contributed by atoms with Gasteiger partial charge in [-0.3, -0.25) is 0 Å². The molecule has 0 unspecified atom stereocenters. The van der Waals surface area contributed by atoms with Crippen LogP contribution in [-0.2, 0) is 16.4 Å². The highest BCUT2D eigenvalue weighted by atomic mass is 32.2. The minimum Gasteiger partial charge on any atom is -0.478 e. The summed E-state index contributed by atoms with van der Waals surface area (Å²) >= 11 is 1.33. The molecule has 0 aliphatic rings. The van der Waals surface area contributed by atoms with Gasteiger partial charge in [-0.1, -0.05) is 0 Å². The average molecular weight is 515 g/mol. The summed E-state index contributed by atoms with van der Waals surface area (Å²) in [5.74, 6) is -1.54. The number of ether oxygens (including phenoxy) is 1. The number of nitrogens with one attached hydrogen (secondary N) is 1. The lowest BCUT2D eigenvalue weighted by Crippen LogP contribution is -2.26. The fraction of sp³-hybridized carbons (Fsp3) is 0.273. The van der Waals surface area contributed by atoms with Gasteiger partial charge < -0.3 is 9.84 Å². The number of aryl methyl sites for hydroxylation is 2. The number of carboxylic acids is 1. The van der Waals surface area contributed by atoms with Crippen LogP contribution in [0.2, 0.25) is 0 Å². The number of sulfonamides is 1. The number of aromatic carboxylic acids is 1. The van der Waals surface area contributed by atoms with Gasteiger partial charge in [0.1, 0.15) is 10.8 Å². The van der Waals surface area contributed by atoms with Gasteiger partial charge in [-0.15, -0.1) is 24.5 Å². The molecule has 7 nitrogen and oxygen atoms in total. The Balaban J connectivity index is 1.70. The molecule has 0 aliphatic heterocycles. The zero-order valence-electron chi connectivity index (χ0n) is 18.4. The largest absolute Gasteiger partial charge is 0.573 e. The van der Waals surface area contributed by atoms with E-state index in [0.29, 0.717) is 27.4 Å². The maximum Gasteiger partial charge on any atom is 0.573 e. The number of carboxylic acid groups (broad SMARTS) is 1. The standard InChI is InChI=1S/C22H21F3N2O5S2/c1-12-10-17(11-18(13(12)2)21(28)29)34(30,31)26-9-8-19-14(3)33-20(27-19)15-4-6-16(7-5-15)32-22(23,24)25/h4-7,10-11,26H,8-9H2,1-3H3,(H,28,29). The van der Waals surface area contributed by atoms with Crippen molar-refractivity contribution >= 4 is 27.3 Å². The smallest absolute Gasteiger partial charge is 0.478 e. The maximum atomic E-state index is 12.7. The Morgan fingerprint density at radius 3 is 2.38 bits per heavy atom. The third-order valence-corrected chi connectivity index (χ3v) is 7.57. The van der Waals surface area contributed by atoms with E-state index < -0.39 is 22.4 Å². The summed E-state index contributed by atoms with van der Waals surface area (Å²) in [6, 6.07) is 7.87. The highest BCUT2D eigenvalue weighted by molar-refractivity contribution is 7.89. The monoisotopic (exact) mass is 514 g/mol. The predicted octanol–water partition coefficient (Wildman–Crippen LogP) is 4.85. The molecule has 3 aromatic rings. The van der Waals surface area contributed by atoms with Gasteiger partial charge in [0.25, 0.3) is 0 Å². The van der Waals surface area contributed by atoms with Crippen LogP contribution in [0.5, 0.6) is 5.75 Å². The lowest BCUT2D eigenvalue weighted by atomic mass is 10.0. The first-order valence-electron chi connectivity index (χ1n) is 9.93. The number of alkyl halides is 3. The number of nitrogens with zero attached hydrogens (tertiary/aromatic N) is 1. The molecule has 1 aromatic heterocycles. The van der Waals surface area contributed by atoms with Gasteiger partial charge >= 0.3 is 12.3 Å². The van der Waals surface area contributed by atoms with Crippen LogP contribution in [0, 0.1) is 20.8 Å². The molecule has 0 atom stereocenters. The number of thiazole rings is 1. The molecule has 0 saturated carbocycles. The summed E-state index contributed by atoms with van der Waals surface area (Å²) in [6.07, 6.45) is -4.50. The van der Waals surface area contributed by atoms with Crippen molar-refractivity contribution in [2.45, 2.75) is 38.4 Å².